The van der Waals surface area contributed by atoms with Crippen molar-refractivity contribution in [3.05, 3.63) is 27.8 Å². The molecule has 0 radical (unpaired) electrons. The van der Waals surface area contributed by atoms with Crippen molar-refractivity contribution >= 4 is 21.6 Å². The molecule has 2 heterocycles. The van der Waals surface area contributed by atoms with E-state index in [1.165, 1.54) is 61.9 Å². The van der Waals surface area contributed by atoms with Crippen LogP contribution in [-0.2, 0) is 19.3 Å². The highest BCUT2D eigenvalue weighted by Crippen LogP contribution is 2.40. The third-order valence-electron chi connectivity index (χ3n) is 5.53. The fourth-order valence-electron chi connectivity index (χ4n) is 4.32. The summed E-state index contributed by atoms with van der Waals surface area (Å²) in [4.78, 5) is 7.77. The molecule has 0 bridgehead atoms. The van der Waals surface area contributed by atoms with Gasteiger partial charge < -0.3 is 0 Å². The van der Waals surface area contributed by atoms with Crippen LogP contribution in [0.1, 0.15) is 60.7 Å². The first kappa shape index (κ1) is 13.8. The van der Waals surface area contributed by atoms with Gasteiger partial charge in [0.2, 0.25) is 0 Å². The molecule has 2 aliphatic carbocycles. The minimum absolute atomic E-state index is 0.906. The normalized spacial score (nSPS) is 25.4. The number of fused-ring (bicyclic) bond motifs is 3. The van der Waals surface area contributed by atoms with E-state index < -0.39 is 0 Å². The lowest BCUT2D eigenvalue weighted by molar-refractivity contribution is 0.289. The van der Waals surface area contributed by atoms with Crippen LogP contribution in [0.2, 0.25) is 0 Å². The van der Waals surface area contributed by atoms with Gasteiger partial charge in [-0.2, -0.15) is 0 Å². The largest absolute Gasteiger partial charge is 0.242 e. The van der Waals surface area contributed by atoms with Crippen molar-refractivity contribution in [1.82, 2.24) is 4.98 Å². The van der Waals surface area contributed by atoms with Gasteiger partial charge in [-0.1, -0.05) is 19.8 Å². The van der Waals surface area contributed by atoms with E-state index in [-0.39, 0.29) is 0 Å². The summed E-state index contributed by atoms with van der Waals surface area (Å²) in [5, 5.41) is 1.55. The van der Waals surface area contributed by atoms with Crippen LogP contribution in [0.25, 0.3) is 10.2 Å². The van der Waals surface area contributed by atoms with Crippen LogP contribution >= 0.6 is 11.3 Å². The molecule has 1 fully saturated rings. The van der Waals surface area contributed by atoms with Crippen LogP contribution < -0.4 is 0 Å². The van der Waals surface area contributed by atoms with Gasteiger partial charge in [0.25, 0.3) is 0 Å². The van der Waals surface area contributed by atoms with Gasteiger partial charge in [0.05, 0.1) is 0 Å². The summed E-state index contributed by atoms with van der Waals surface area (Å²) < 4.78 is 0. The molecular formula is C19H25NS. The third-order valence-corrected chi connectivity index (χ3v) is 6.71. The Kier molecular flexibility index (Phi) is 3.53. The van der Waals surface area contributed by atoms with Crippen molar-refractivity contribution in [2.24, 2.45) is 11.8 Å². The van der Waals surface area contributed by atoms with Gasteiger partial charge in [-0.15, -0.1) is 11.3 Å². The summed E-state index contributed by atoms with van der Waals surface area (Å²) >= 11 is 1.97. The highest BCUT2D eigenvalue weighted by atomic mass is 32.1. The van der Waals surface area contributed by atoms with Crippen LogP contribution in [0.3, 0.4) is 0 Å². The van der Waals surface area contributed by atoms with E-state index in [9.17, 15) is 0 Å². The molecule has 2 aromatic heterocycles. The summed E-state index contributed by atoms with van der Waals surface area (Å²) in [5.41, 5.74) is 4.47. The molecule has 4 rings (SSSR count). The van der Waals surface area contributed by atoms with Crippen molar-refractivity contribution in [3.63, 3.8) is 0 Å². The number of thiophene rings is 1. The van der Waals surface area contributed by atoms with Crippen molar-refractivity contribution in [2.75, 3.05) is 0 Å². The lowest BCUT2D eigenvalue weighted by atomic mass is 9.79. The maximum absolute atomic E-state index is 4.82. The Balaban J connectivity index is 1.70. The van der Waals surface area contributed by atoms with E-state index in [4.69, 9.17) is 4.98 Å². The zero-order valence-electron chi connectivity index (χ0n) is 13.2. The number of nitrogens with zero attached hydrogens (tertiary/aromatic N) is 1. The second-order valence-electron chi connectivity index (χ2n) is 7.29. The third kappa shape index (κ3) is 2.52. The molecule has 2 aliphatic rings. The average Bonchev–Trinajstić information content (AvgIpc) is 3.01. The Labute approximate surface area is 131 Å². The summed E-state index contributed by atoms with van der Waals surface area (Å²) in [7, 11) is 0. The standard InChI is InChI=1S/C19H25NS/c1-12-6-8-14(9-7-12)11-15-10-13(2)20-19-18(15)16-4-3-5-17(16)21-19/h10,12,14H,3-9,11H2,1-2H3/t12-,14-. The second kappa shape index (κ2) is 5.39. The molecule has 0 aromatic carbocycles. The van der Waals surface area contributed by atoms with E-state index in [1.807, 2.05) is 11.3 Å². The predicted molar refractivity (Wildman–Crippen MR) is 91.2 cm³/mol. The molecule has 0 N–H and O–H groups in total. The number of pyridine rings is 1. The predicted octanol–water partition coefficient (Wildman–Crippen LogP) is 5.46. The summed E-state index contributed by atoms with van der Waals surface area (Å²) in [5.74, 6) is 1.86. The maximum Gasteiger partial charge on any atom is 0.124 e. The molecule has 0 saturated heterocycles. The van der Waals surface area contributed by atoms with Crippen LogP contribution in [0.4, 0.5) is 0 Å². The number of hydrogen-bond donors (Lipinski definition) is 0. The molecule has 1 nitrogen and oxygen atoms in total. The Morgan fingerprint density at radius 1 is 1.19 bits per heavy atom. The van der Waals surface area contributed by atoms with E-state index >= 15 is 0 Å². The Morgan fingerprint density at radius 3 is 2.81 bits per heavy atom. The van der Waals surface area contributed by atoms with E-state index in [0.717, 1.165) is 11.8 Å². The summed E-state index contributed by atoms with van der Waals surface area (Å²) in [6.45, 7) is 4.58. The number of aromatic nitrogens is 1. The molecule has 2 aromatic rings. The fourth-order valence-corrected chi connectivity index (χ4v) is 5.67. The SMILES string of the molecule is Cc1cc(C[C@H]2CC[C@H](C)CC2)c2c3c(sc2n1)CCC3. The lowest BCUT2D eigenvalue weighted by Crippen LogP contribution is -2.14. The first-order valence-electron chi connectivity index (χ1n) is 8.61. The summed E-state index contributed by atoms with van der Waals surface area (Å²) in [6.07, 6.45) is 10.9. The second-order valence-corrected chi connectivity index (χ2v) is 8.37. The molecule has 21 heavy (non-hydrogen) atoms. The fraction of sp³-hybridized carbons (Fsp3) is 0.632. The smallest absolute Gasteiger partial charge is 0.124 e. The molecule has 0 spiro atoms. The average molecular weight is 299 g/mol. The number of rotatable bonds is 2. The van der Waals surface area contributed by atoms with Crippen LogP contribution in [0.15, 0.2) is 6.07 Å². The summed E-state index contributed by atoms with van der Waals surface area (Å²) in [6, 6.07) is 2.38. The number of aryl methyl sites for hydroxylation is 3. The van der Waals surface area contributed by atoms with Crippen LogP contribution in [0, 0.1) is 18.8 Å². The van der Waals surface area contributed by atoms with Crippen molar-refractivity contribution in [3.8, 4) is 0 Å². The van der Waals surface area contributed by atoms with Crippen molar-refractivity contribution in [2.45, 2.75) is 65.2 Å². The topological polar surface area (TPSA) is 12.9 Å². The molecule has 2 heteroatoms. The number of hydrogen-bond acceptors (Lipinski definition) is 2. The van der Waals surface area contributed by atoms with Gasteiger partial charge >= 0.3 is 0 Å². The zero-order valence-corrected chi connectivity index (χ0v) is 14.1. The Bertz CT molecular complexity index is 662. The lowest BCUT2D eigenvalue weighted by Gasteiger charge is -2.26. The molecule has 0 aliphatic heterocycles. The van der Waals surface area contributed by atoms with Crippen molar-refractivity contribution in [1.29, 1.82) is 0 Å². The van der Waals surface area contributed by atoms with E-state index in [1.54, 1.807) is 21.4 Å². The molecular weight excluding hydrogens is 274 g/mol. The van der Waals surface area contributed by atoms with Crippen LogP contribution in [-0.4, -0.2) is 4.98 Å². The van der Waals surface area contributed by atoms with Crippen LogP contribution in [0.5, 0.6) is 0 Å². The quantitative estimate of drug-likeness (QED) is 0.717. The van der Waals surface area contributed by atoms with Gasteiger partial charge in [-0.25, -0.2) is 4.98 Å². The Hall–Kier alpha value is -0.890. The molecule has 112 valence electrons. The van der Waals surface area contributed by atoms with Gasteiger partial charge in [-0.05, 0) is 74.5 Å². The van der Waals surface area contributed by atoms with Gasteiger partial charge in [0.1, 0.15) is 4.83 Å². The first-order valence-corrected chi connectivity index (χ1v) is 9.43. The van der Waals surface area contributed by atoms with E-state index in [2.05, 4.69) is 19.9 Å². The molecule has 0 atom stereocenters. The van der Waals surface area contributed by atoms with Gasteiger partial charge in [-0.3, -0.25) is 0 Å². The molecule has 0 unspecified atom stereocenters. The van der Waals surface area contributed by atoms with Crippen molar-refractivity contribution < 1.29 is 0 Å². The monoisotopic (exact) mass is 299 g/mol. The molecule has 1 saturated carbocycles. The highest BCUT2D eigenvalue weighted by Gasteiger charge is 2.24. The zero-order chi connectivity index (χ0) is 14.4. The molecule has 0 amide bonds. The van der Waals surface area contributed by atoms with Gasteiger partial charge in [0.15, 0.2) is 0 Å². The van der Waals surface area contributed by atoms with Gasteiger partial charge in [0, 0.05) is 16.0 Å². The Morgan fingerprint density at radius 2 is 2.00 bits per heavy atom. The van der Waals surface area contributed by atoms with E-state index in [0.29, 0.717) is 0 Å². The maximum atomic E-state index is 4.82. The highest BCUT2D eigenvalue weighted by molar-refractivity contribution is 7.18. The minimum atomic E-state index is 0.906. The first-order chi connectivity index (χ1) is 10.2. The minimum Gasteiger partial charge on any atom is -0.242 e.